The summed E-state index contributed by atoms with van der Waals surface area (Å²) in [5.74, 6) is 0. The lowest BCUT2D eigenvalue weighted by Gasteiger charge is -2.39. The van der Waals surface area contributed by atoms with Gasteiger partial charge in [-0.2, -0.15) is 0 Å². The van der Waals surface area contributed by atoms with E-state index in [2.05, 4.69) is 42.5 Å². The first-order chi connectivity index (χ1) is 8.58. The molecule has 0 saturated carbocycles. The van der Waals surface area contributed by atoms with Crippen molar-refractivity contribution in [3.05, 3.63) is 34.3 Å². The molecule has 2 unspecified atom stereocenters. The second-order valence-corrected chi connectivity index (χ2v) is 5.86. The minimum Gasteiger partial charge on any atom is -0.250 e. The number of nitrogens with one attached hydrogen (secondary N) is 1. The number of hydrazine groups is 1. The molecular formula is C15H23ClN2. The highest BCUT2D eigenvalue weighted by Crippen LogP contribution is 2.21. The summed E-state index contributed by atoms with van der Waals surface area (Å²) in [6.07, 6.45) is 3.91. The fourth-order valence-corrected chi connectivity index (χ4v) is 2.86. The Hall–Kier alpha value is -0.570. The van der Waals surface area contributed by atoms with Gasteiger partial charge in [0.25, 0.3) is 0 Å². The summed E-state index contributed by atoms with van der Waals surface area (Å²) in [6.45, 7) is 7.48. The van der Waals surface area contributed by atoms with Crippen molar-refractivity contribution in [2.45, 2.75) is 58.7 Å². The van der Waals surface area contributed by atoms with Crippen LogP contribution < -0.4 is 5.43 Å². The summed E-state index contributed by atoms with van der Waals surface area (Å²) < 4.78 is 0. The Bertz CT molecular complexity index is 395. The molecule has 1 aliphatic rings. The molecule has 3 heteroatoms. The van der Waals surface area contributed by atoms with Crippen LogP contribution in [0.5, 0.6) is 0 Å². The lowest BCUT2D eigenvalue weighted by atomic mass is 10.00. The van der Waals surface area contributed by atoms with E-state index in [4.69, 9.17) is 11.6 Å². The predicted octanol–water partition coefficient (Wildman–Crippen LogP) is 3.92. The maximum Gasteiger partial charge on any atom is 0.0438 e. The van der Waals surface area contributed by atoms with E-state index in [0.29, 0.717) is 12.1 Å². The average molecular weight is 267 g/mol. The van der Waals surface area contributed by atoms with Gasteiger partial charge in [-0.25, -0.2) is 5.01 Å². The lowest BCUT2D eigenvalue weighted by molar-refractivity contribution is 0.0435. The fourth-order valence-electron chi connectivity index (χ4n) is 2.66. The molecular weight excluding hydrogens is 244 g/mol. The Balaban J connectivity index is 1.95. The molecule has 0 bridgehead atoms. The van der Waals surface area contributed by atoms with Gasteiger partial charge in [0.05, 0.1) is 0 Å². The summed E-state index contributed by atoms with van der Waals surface area (Å²) >= 11 is 6.15. The van der Waals surface area contributed by atoms with Crippen molar-refractivity contribution in [2.75, 3.05) is 0 Å². The van der Waals surface area contributed by atoms with Crippen LogP contribution >= 0.6 is 11.6 Å². The van der Waals surface area contributed by atoms with Gasteiger partial charge >= 0.3 is 0 Å². The molecule has 0 aliphatic carbocycles. The molecule has 2 rings (SSSR count). The zero-order chi connectivity index (χ0) is 13.1. The van der Waals surface area contributed by atoms with Gasteiger partial charge in [-0.05, 0) is 50.8 Å². The summed E-state index contributed by atoms with van der Waals surface area (Å²) in [6, 6.07) is 7.53. The van der Waals surface area contributed by atoms with Crippen LogP contribution in [0.3, 0.4) is 0 Å². The molecule has 1 saturated heterocycles. The number of hydrogen-bond donors (Lipinski definition) is 1. The molecule has 0 radical (unpaired) electrons. The number of rotatable bonds is 3. The minimum absolute atomic E-state index is 0.620. The third-order valence-electron chi connectivity index (χ3n) is 3.90. The Labute approximate surface area is 115 Å². The van der Waals surface area contributed by atoms with Gasteiger partial charge in [0, 0.05) is 23.7 Å². The van der Waals surface area contributed by atoms with Crippen LogP contribution in [0.15, 0.2) is 18.2 Å². The molecule has 1 fully saturated rings. The average Bonchev–Trinajstić information content (AvgIpc) is 2.33. The third kappa shape index (κ3) is 3.25. The van der Waals surface area contributed by atoms with E-state index < -0.39 is 0 Å². The van der Waals surface area contributed by atoms with Crippen LogP contribution in [-0.2, 0) is 6.54 Å². The molecule has 2 nitrogen and oxygen atoms in total. The zero-order valence-corrected chi connectivity index (χ0v) is 12.3. The number of nitrogens with zero attached hydrogens (tertiary/aromatic N) is 1. The van der Waals surface area contributed by atoms with E-state index >= 15 is 0 Å². The van der Waals surface area contributed by atoms with Crippen molar-refractivity contribution < 1.29 is 0 Å². The fraction of sp³-hybridized carbons (Fsp3) is 0.600. The largest absolute Gasteiger partial charge is 0.250 e. The maximum atomic E-state index is 6.15. The molecule has 0 aromatic heterocycles. The highest BCUT2D eigenvalue weighted by Gasteiger charge is 2.23. The Morgan fingerprint density at radius 3 is 2.56 bits per heavy atom. The van der Waals surface area contributed by atoms with Crippen LogP contribution in [0.1, 0.15) is 44.2 Å². The highest BCUT2D eigenvalue weighted by atomic mass is 35.5. The van der Waals surface area contributed by atoms with Crippen LogP contribution in [-0.4, -0.2) is 17.1 Å². The van der Waals surface area contributed by atoms with Crippen LogP contribution in [0.25, 0.3) is 0 Å². The van der Waals surface area contributed by atoms with Crippen LogP contribution in [0.2, 0.25) is 5.02 Å². The summed E-state index contributed by atoms with van der Waals surface area (Å²) in [4.78, 5) is 0. The molecule has 1 aromatic carbocycles. The molecule has 1 aliphatic heterocycles. The number of piperidine rings is 1. The second-order valence-electron chi connectivity index (χ2n) is 5.45. The van der Waals surface area contributed by atoms with Crippen LogP contribution in [0.4, 0.5) is 0 Å². The van der Waals surface area contributed by atoms with Crippen molar-refractivity contribution in [1.29, 1.82) is 0 Å². The molecule has 1 N–H and O–H groups in total. The van der Waals surface area contributed by atoms with Gasteiger partial charge in [0.1, 0.15) is 0 Å². The first kappa shape index (κ1) is 13.9. The molecule has 2 atom stereocenters. The normalized spacial score (nSPS) is 25.3. The zero-order valence-electron chi connectivity index (χ0n) is 11.5. The Kier molecular flexibility index (Phi) is 4.66. The summed E-state index contributed by atoms with van der Waals surface area (Å²) in [7, 11) is 0. The van der Waals surface area contributed by atoms with E-state index in [1.807, 2.05) is 6.92 Å². The standard InChI is InChI=1S/C15H23ClN2/c1-11-7-8-14(9-15(11)16)10-17-18-12(2)5-4-6-13(18)3/h7-9,12-13,17H,4-6,10H2,1-3H3. The van der Waals surface area contributed by atoms with E-state index in [0.717, 1.165) is 17.1 Å². The summed E-state index contributed by atoms with van der Waals surface area (Å²) in [5.41, 5.74) is 5.94. The quantitative estimate of drug-likeness (QED) is 0.892. The van der Waals surface area contributed by atoms with Gasteiger partial charge in [-0.3, -0.25) is 5.43 Å². The molecule has 100 valence electrons. The Morgan fingerprint density at radius 1 is 1.28 bits per heavy atom. The number of halogens is 1. The van der Waals surface area contributed by atoms with E-state index in [-0.39, 0.29) is 0 Å². The molecule has 1 heterocycles. The molecule has 0 amide bonds. The third-order valence-corrected chi connectivity index (χ3v) is 4.30. The molecule has 18 heavy (non-hydrogen) atoms. The van der Waals surface area contributed by atoms with Gasteiger partial charge in [0.15, 0.2) is 0 Å². The van der Waals surface area contributed by atoms with Gasteiger partial charge in [0.2, 0.25) is 0 Å². The van der Waals surface area contributed by atoms with Crippen molar-refractivity contribution in [2.24, 2.45) is 0 Å². The first-order valence-electron chi connectivity index (χ1n) is 6.85. The number of hydrogen-bond acceptors (Lipinski definition) is 2. The van der Waals surface area contributed by atoms with Gasteiger partial charge < -0.3 is 0 Å². The topological polar surface area (TPSA) is 15.3 Å². The highest BCUT2D eigenvalue weighted by molar-refractivity contribution is 6.31. The van der Waals surface area contributed by atoms with E-state index in [9.17, 15) is 0 Å². The van der Waals surface area contributed by atoms with Crippen molar-refractivity contribution in [3.8, 4) is 0 Å². The van der Waals surface area contributed by atoms with Crippen LogP contribution in [0, 0.1) is 6.92 Å². The van der Waals surface area contributed by atoms with Crippen molar-refractivity contribution >= 4 is 11.6 Å². The number of aryl methyl sites for hydroxylation is 1. The molecule has 1 aromatic rings. The second kappa shape index (κ2) is 6.05. The van der Waals surface area contributed by atoms with Crippen molar-refractivity contribution in [1.82, 2.24) is 10.4 Å². The van der Waals surface area contributed by atoms with E-state index in [1.54, 1.807) is 0 Å². The van der Waals surface area contributed by atoms with Gasteiger partial charge in [-0.1, -0.05) is 30.2 Å². The first-order valence-corrected chi connectivity index (χ1v) is 7.22. The predicted molar refractivity (Wildman–Crippen MR) is 77.6 cm³/mol. The minimum atomic E-state index is 0.620. The Morgan fingerprint density at radius 2 is 1.94 bits per heavy atom. The van der Waals surface area contributed by atoms with E-state index in [1.165, 1.54) is 24.8 Å². The SMILES string of the molecule is Cc1ccc(CNN2C(C)CCCC2C)cc1Cl. The monoisotopic (exact) mass is 266 g/mol. The molecule has 0 spiro atoms. The lowest BCUT2D eigenvalue weighted by Crippen LogP contribution is -2.51. The smallest absolute Gasteiger partial charge is 0.0438 e. The summed E-state index contributed by atoms with van der Waals surface area (Å²) in [5, 5.41) is 3.26. The van der Waals surface area contributed by atoms with Gasteiger partial charge in [-0.15, -0.1) is 0 Å². The maximum absolute atomic E-state index is 6.15. The number of benzene rings is 1. The van der Waals surface area contributed by atoms with Crippen molar-refractivity contribution in [3.63, 3.8) is 0 Å².